The van der Waals surface area contributed by atoms with Gasteiger partial charge in [-0.1, -0.05) is 45.6 Å². The molecule has 0 saturated heterocycles. The number of carbonyl (C=O) groups excluding carboxylic acids is 1. The SMILES string of the molecule is CCCCCN(CCCCC)C(=O)c1cccc([N+](=O)[O-])c1. The number of non-ortho nitro benzene ring substituents is 1. The van der Waals surface area contributed by atoms with Gasteiger partial charge in [-0.3, -0.25) is 14.9 Å². The van der Waals surface area contributed by atoms with Crippen LogP contribution in [0.4, 0.5) is 5.69 Å². The second-order valence-corrected chi connectivity index (χ2v) is 5.51. The van der Waals surface area contributed by atoms with E-state index in [2.05, 4.69) is 13.8 Å². The normalized spacial score (nSPS) is 10.5. The van der Waals surface area contributed by atoms with Crippen LogP contribution < -0.4 is 0 Å². The third-order valence-corrected chi connectivity index (χ3v) is 3.65. The van der Waals surface area contributed by atoms with E-state index >= 15 is 0 Å². The van der Waals surface area contributed by atoms with Crippen molar-refractivity contribution in [2.45, 2.75) is 52.4 Å². The molecule has 5 nitrogen and oxygen atoms in total. The number of nitrogens with zero attached hydrogens (tertiary/aromatic N) is 2. The van der Waals surface area contributed by atoms with E-state index in [1.165, 1.54) is 12.1 Å². The van der Waals surface area contributed by atoms with E-state index in [0.717, 1.165) is 51.6 Å². The molecule has 0 unspecified atom stereocenters. The quantitative estimate of drug-likeness (QED) is 0.365. The summed E-state index contributed by atoms with van der Waals surface area (Å²) in [6.07, 6.45) is 6.34. The summed E-state index contributed by atoms with van der Waals surface area (Å²) in [5.41, 5.74) is 0.370. The van der Waals surface area contributed by atoms with Crippen LogP contribution in [0, 0.1) is 10.1 Å². The van der Waals surface area contributed by atoms with Crippen LogP contribution in [-0.2, 0) is 0 Å². The lowest BCUT2D eigenvalue weighted by Crippen LogP contribution is -2.33. The van der Waals surface area contributed by atoms with Gasteiger partial charge < -0.3 is 4.90 Å². The van der Waals surface area contributed by atoms with Crippen molar-refractivity contribution in [3.63, 3.8) is 0 Å². The fourth-order valence-electron chi connectivity index (χ4n) is 2.36. The smallest absolute Gasteiger partial charge is 0.270 e. The highest BCUT2D eigenvalue weighted by Crippen LogP contribution is 2.16. The maximum Gasteiger partial charge on any atom is 0.270 e. The standard InChI is InChI=1S/C17H26N2O3/c1-3-5-7-12-18(13-8-6-4-2)17(20)15-10-9-11-16(14-15)19(21)22/h9-11,14H,3-8,12-13H2,1-2H3. The van der Waals surface area contributed by atoms with E-state index in [9.17, 15) is 14.9 Å². The van der Waals surface area contributed by atoms with E-state index in [4.69, 9.17) is 0 Å². The van der Waals surface area contributed by atoms with Gasteiger partial charge >= 0.3 is 0 Å². The third-order valence-electron chi connectivity index (χ3n) is 3.65. The van der Waals surface area contributed by atoms with Crippen LogP contribution in [0.3, 0.4) is 0 Å². The Labute approximate surface area is 132 Å². The molecule has 0 aliphatic heterocycles. The Morgan fingerprint density at radius 2 is 1.68 bits per heavy atom. The van der Waals surface area contributed by atoms with E-state index in [0.29, 0.717) is 5.56 Å². The molecule has 0 fully saturated rings. The first-order valence-electron chi connectivity index (χ1n) is 8.13. The lowest BCUT2D eigenvalue weighted by atomic mass is 10.1. The van der Waals surface area contributed by atoms with Crippen molar-refractivity contribution in [1.29, 1.82) is 0 Å². The predicted molar refractivity (Wildman–Crippen MR) is 88.0 cm³/mol. The van der Waals surface area contributed by atoms with Gasteiger partial charge in [-0.2, -0.15) is 0 Å². The summed E-state index contributed by atoms with van der Waals surface area (Å²) in [6.45, 7) is 5.70. The Morgan fingerprint density at radius 1 is 1.09 bits per heavy atom. The Hall–Kier alpha value is -1.91. The van der Waals surface area contributed by atoms with Crippen molar-refractivity contribution >= 4 is 11.6 Å². The molecule has 0 radical (unpaired) electrons. The number of hydrogen-bond acceptors (Lipinski definition) is 3. The molecule has 1 amide bonds. The number of benzene rings is 1. The van der Waals surface area contributed by atoms with Gasteiger partial charge in [0.15, 0.2) is 0 Å². The molecule has 0 aromatic heterocycles. The lowest BCUT2D eigenvalue weighted by Gasteiger charge is -2.22. The van der Waals surface area contributed by atoms with Gasteiger partial charge in [0.25, 0.3) is 11.6 Å². The highest BCUT2D eigenvalue weighted by atomic mass is 16.6. The molecule has 0 aliphatic carbocycles. The first-order valence-corrected chi connectivity index (χ1v) is 8.13. The Kier molecular flexibility index (Phi) is 8.18. The molecule has 0 saturated carbocycles. The molecule has 0 atom stereocenters. The maximum absolute atomic E-state index is 12.6. The van der Waals surface area contributed by atoms with E-state index in [-0.39, 0.29) is 11.6 Å². The molecule has 1 aromatic carbocycles. The number of hydrogen-bond donors (Lipinski definition) is 0. The van der Waals surface area contributed by atoms with E-state index in [1.54, 1.807) is 12.1 Å². The molecule has 0 N–H and O–H groups in total. The van der Waals surface area contributed by atoms with Crippen LogP contribution in [0.2, 0.25) is 0 Å². The van der Waals surface area contributed by atoms with Crippen molar-refractivity contribution in [1.82, 2.24) is 4.90 Å². The van der Waals surface area contributed by atoms with Gasteiger partial charge in [0.05, 0.1) is 4.92 Å². The molecule has 0 spiro atoms. The van der Waals surface area contributed by atoms with Crippen LogP contribution >= 0.6 is 0 Å². The van der Waals surface area contributed by atoms with Crippen molar-refractivity contribution in [2.75, 3.05) is 13.1 Å². The zero-order valence-corrected chi connectivity index (χ0v) is 13.6. The number of unbranched alkanes of at least 4 members (excludes halogenated alkanes) is 4. The molecule has 5 heteroatoms. The number of nitro groups is 1. The monoisotopic (exact) mass is 306 g/mol. The summed E-state index contributed by atoms with van der Waals surface area (Å²) < 4.78 is 0. The number of amides is 1. The average Bonchev–Trinajstić information content (AvgIpc) is 2.53. The second kappa shape index (κ2) is 9.92. The van der Waals surface area contributed by atoms with E-state index < -0.39 is 4.92 Å². The zero-order valence-electron chi connectivity index (χ0n) is 13.6. The molecule has 1 aromatic rings. The van der Waals surface area contributed by atoms with Crippen LogP contribution in [-0.4, -0.2) is 28.8 Å². The van der Waals surface area contributed by atoms with Gasteiger partial charge in [0, 0.05) is 30.8 Å². The molecular weight excluding hydrogens is 280 g/mol. The number of carbonyl (C=O) groups is 1. The highest BCUT2D eigenvalue weighted by molar-refractivity contribution is 5.94. The molecule has 0 aliphatic rings. The molecule has 0 heterocycles. The molecule has 0 bridgehead atoms. The van der Waals surface area contributed by atoms with Gasteiger partial charge in [0.1, 0.15) is 0 Å². The minimum absolute atomic E-state index is 0.0343. The van der Waals surface area contributed by atoms with Gasteiger partial charge in [-0.25, -0.2) is 0 Å². The van der Waals surface area contributed by atoms with Gasteiger partial charge in [-0.15, -0.1) is 0 Å². The average molecular weight is 306 g/mol. The predicted octanol–water partition coefficient (Wildman–Crippen LogP) is 4.42. The second-order valence-electron chi connectivity index (χ2n) is 5.51. The Balaban J connectivity index is 2.79. The largest absolute Gasteiger partial charge is 0.339 e. The summed E-state index contributed by atoms with van der Waals surface area (Å²) in [7, 11) is 0. The summed E-state index contributed by atoms with van der Waals surface area (Å²) in [6, 6.07) is 6.01. The van der Waals surface area contributed by atoms with Crippen molar-refractivity contribution in [2.24, 2.45) is 0 Å². The lowest BCUT2D eigenvalue weighted by molar-refractivity contribution is -0.384. The zero-order chi connectivity index (χ0) is 16.4. The highest BCUT2D eigenvalue weighted by Gasteiger charge is 2.17. The molecular formula is C17H26N2O3. The Morgan fingerprint density at radius 3 is 2.18 bits per heavy atom. The molecule has 1 rings (SSSR count). The summed E-state index contributed by atoms with van der Waals surface area (Å²) in [4.78, 5) is 24.8. The van der Waals surface area contributed by atoms with Gasteiger partial charge in [-0.05, 0) is 18.9 Å². The van der Waals surface area contributed by atoms with Crippen molar-refractivity contribution in [3.05, 3.63) is 39.9 Å². The fourth-order valence-corrected chi connectivity index (χ4v) is 2.36. The first-order chi connectivity index (χ1) is 10.6. The van der Waals surface area contributed by atoms with Crippen LogP contribution in [0.15, 0.2) is 24.3 Å². The van der Waals surface area contributed by atoms with Gasteiger partial charge in [0.2, 0.25) is 0 Å². The minimum atomic E-state index is -0.463. The van der Waals surface area contributed by atoms with Crippen LogP contribution in [0.1, 0.15) is 62.7 Å². The fraction of sp³-hybridized carbons (Fsp3) is 0.588. The molecule has 22 heavy (non-hydrogen) atoms. The summed E-state index contributed by atoms with van der Waals surface area (Å²) in [5, 5.41) is 10.8. The summed E-state index contributed by atoms with van der Waals surface area (Å²) in [5.74, 6) is -0.101. The number of rotatable bonds is 10. The topological polar surface area (TPSA) is 63.5 Å². The first kappa shape index (κ1) is 18.1. The third kappa shape index (κ3) is 5.84. The molecule has 122 valence electrons. The maximum atomic E-state index is 12.6. The minimum Gasteiger partial charge on any atom is -0.339 e. The Bertz CT molecular complexity index is 479. The van der Waals surface area contributed by atoms with E-state index in [1.807, 2.05) is 4.90 Å². The van der Waals surface area contributed by atoms with Crippen molar-refractivity contribution in [3.8, 4) is 0 Å². The summed E-state index contributed by atoms with van der Waals surface area (Å²) >= 11 is 0. The number of nitro benzene ring substituents is 1. The van der Waals surface area contributed by atoms with Crippen molar-refractivity contribution < 1.29 is 9.72 Å². The van der Waals surface area contributed by atoms with Crippen LogP contribution in [0.25, 0.3) is 0 Å². The van der Waals surface area contributed by atoms with Crippen LogP contribution in [0.5, 0.6) is 0 Å².